The quantitative estimate of drug-likeness (QED) is 0.784. The first-order chi connectivity index (χ1) is 9.95. The van der Waals surface area contributed by atoms with Crippen molar-refractivity contribution in [2.24, 2.45) is 0 Å². The van der Waals surface area contributed by atoms with Crippen molar-refractivity contribution >= 4 is 34.2 Å². The van der Waals surface area contributed by atoms with E-state index in [2.05, 4.69) is 27.9 Å². The number of hydrogen-bond acceptors (Lipinski definition) is 2. The molecule has 0 spiro atoms. The Kier molecular flexibility index (Phi) is 5.22. The molecule has 0 heterocycles. The Labute approximate surface area is 138 Å². The van der Waals surface area contributed by atoms with Crippen molar-refractivity contribution < 1.29 is 9.53 Å². The van der Waals surface area contributed by atoms with Crippen molar-refractivity contribution in [2.75, 3.05) is 5.32 Å². The number of anilines is 1. The summed E-state index contributed by atoms with van der Waals surface area (Å²) in [5.41, 5.74) is 2.98. The number of ether oxygens (including phenoxy) is 1. The molecule has 0 radical (unpaired) electrons. The molecule has 1 atom stereocenters. The van der Waals surface area contributed by atoms with Gasteiger partial charge in [0.05, 0.1) is 0 Å². The molecule has 4 heteroatoms. The normalized spacial score (nSPS) is 11.8. The Morgan fingerprint density at radius 3 is 2.43 bits per heavy atom. The van der Waals surface area contributed by atoms with Crippen molar-refractivity contribution in [3.05, 3.63) is 57.2 Å². The zero-order valence-corrected chi connectivity index (χ0v) is 14.5. The van der Waals surface area contributed by atoms with Crippen LogP contribution >= 0.6 is 22.6 Å². The molecule has 0 bridgehead atoms. The lowest BCUT2D eigenvalue weighted by Gasteiger charge is -2.16. The van der Waals surface area contributed by atoms with Gasteiger partial charge in [0.1, 0.15) is 5.75 Å². The van der Waals surface area contributed by atoms with E-state index in [0.717, 1.165) is 20.6 Å². The molecule has 3 nitrogen and oxygen atoms in total. The molecule has 2 aromatic rings. The van der Waals surface area contributed by atoms with Crippen molar-refractivity contribution in [3.8, 4) is 5.75 Å². The van der Waals surface area contributed by atoms with Gasteiger partial charge in [0, 0.05) is 9.26 Å². The summed E-state index contributed by atoms with van der Waals surface area (Å²) in [4.78, 5) is 12.1. The number of amides is 1. The molecule has 0 saturated heterocycles. The van der Waals surface area contributed by atoms with Crippen molar-refractivity contribution in [3.63, 3.8) is 0 Å². The summed E-state index contributed by atoms with van der Waals surface area (Å²) in [5, 5.41) is 2.85. The van der Waals surface area contributed by atoms with Gasteiger partial charge in [-0.3, -0.25) is 4.79 Å². The topological polar surface area (TPSA) is 38.3 Å². The second kappa shape index (κ2) is 6.93. The molecule has 110 valence electrons. The van der Waals surface area contributed by atoms with Crippen LogP contribution in [0.2, 0.25) is 0 Å². The highest BCUT2D eigenvalue weighted by Crippen LogP contribution is 2.20. The maximum absolute atomic E-state index is 12.1. The largest absolute Gasteiger partial charge is 0.481 e. The second-order valence-corrected chi connectivity index (χ2v) is 6.27. The maximum atomic E-state index is 12.1. The summed E-state index contributed by atoms with van der Waals surface area (Å²) < 4.78 is 6.87. The standard InChI is InChI=1S/C17H18INO2/c1-11-4-9-16(12(2)10-11)21-13(3)17(20)19-15-7-5-14(18)6-8-15/h4-10,13H,1-3H3,(H,19,20). The van der Waals surface area contributed by atoms with Crippen LogP contribution in [0.15, 0.2) is 42.5 Å². The molecule has 0 fully saturated rings. The number of nitrogens with one attached hydrogen (secondary N) is 1. The first kappa shape index (κ1) is 15.8. The van der Waals surface area contributed by atoms with E-state index in [1.807, 2.05) is 56.3 Å². The van der Waals surface area contributed by atoms with Crippen LogP contribution in [0.25, 0.3) is 0 Å². The van der Waals surface area contributed by atoms with Gasteiger partial charge in [-0.25, -0.2) is 0 Å². The third kappa shape index (κ3) is 4.46. The number of carbonyl (C=O) groups is 1. The van der Waals surface area contributed by atoms with E-state index in [4.69, 9.17) is 4.74 Å². The highest BCUT2D eigenvalue weighted by molar-refractivity contribution is 14.1. The molecule has 2 aromatic carbocycles. The Morgan fingerprint density at radius 2 is 1.81 bits per heavy atom. The van der Waals surface area contributed by atoms with Gasteiger partial charge in [-0.1, -0.05) is 17.7 Å². The molecule has 2 rings (SSSR count). The zero-order valence-electron chi connectivity index (χ0n) is 12.3. The van der Waals surface area contributed by atoms with E-state index in [-0.39, 0.29) is 5.91 Å². The van der Waals surface area contributed by atoms with Crippen LogP contribution in [0, 0.1) is 17.4 Å². The molecule has 0 aliphatic heterocycles. The Morgan fingerprint density at radius 1 is 1.14 bits per heavy atom. The molecule has 0 saturated carbocycles. The van der Waals surface area contributed by atoms with E-state index >= 15 is 0 Å². The molecular weight excluding hydrogens is 377 g/mol. The summed E-state index contributed by atoms with van der Waals surface area (Å²) in [6.07, 6.45) is -0.550. The van der Waals surface area contributed by atoms with Crippen LogP contribution in [0.1, 0.15) is 18.1 Å². The zero-order chi connectivity index (χ0) is 15.4. The molecule has 1 N–H and O–H groups in total. The van der Waals surface area contributed by atoms with Crippen molar-refractivity contribution in [1.29, 1.82) is 0 Å². The fraction of sp³-hybridized carbons (Fsp3) is 0.235. The lowest BCUT2D eigenvalue weighted by molar-refractivity contribution is -0.122. The number of hydrogen-bond donors (Lipinski definition) is 1. The number of rotatable bonds is 4. The molecule has 0 aromatic heterocycles. The van der Waals surface area contributed by atoms with E-state index in [9.17, 15) is 4.79 Å². The average molecular weight is 395 g/mol. The van der Waals surface area contributed by atoms with Gasteiger partial charge in [0.15, 0.2) is 6.10 Å². The van der Waals surface area contributed by atoms with Crippen LogP contribution in [0.3, 0.4) is 0 Å². The van der Waals surface area contributed by atoms with Gasteiger partial charge in [0.2, 0.25) is 0 Å². The molecular formula is C17H18INO2. The second-order valence-electron chi connectivity index (χ2n) is 5.03. The predicted molar refractivity (Wildman–Crippen MR) is 93.8 cm³/mol. The molecule has 0 aliphatic carbocycles. The highest BCUT2D eigenvalue weighted by Gasteiger charge is 2.15. The first-order valence-electron chi connectivity index (χ1n) is 6.76. The summed E-state index contributed by atoms with van der Waals surface area (Å²) in [5.74, 6) is 0.585. The predicted octanol–water partition coefficient (Wildman–Crippen LogP) is 4.31. The summed E-state index contributed by atoms with van der Waals surface area (Å²) >= 11 is 2.23. The smallest absolute Gasteiger partial charge is 0.265 e. The molecule has 1 amide bonds. The van der Waals surface area contributed by atoms with Gasteiger partial charge < -0.3 is 10.1 Å². The minimum absolute atomic E-state index is 0.156. The Bertz CT molecular complexity index is 638. The van der Waals surface area contributed by atoms with E-state index in [0.29, 0.717) is 0 Å². The van der Waals surface area contributed by atoms with Gasteiger partial charge in [-0.2, -0.15) is 0 Å². The number of halogens is 1. The molecule has 1 unspecified atom stereocenters. The van der Waals surface area contributed by atoms with Crippen LogP contribution < -0.4 is 10.1 Å². The van der Waals surface area contributed by atoms with Gasteiger partial charge in [-0.05, 0) is 79.3 Å². The fourth-order valence-corrected chi connectivity index (χ4v) is 2.31. The van der Waals surface area contributed by atoms with Crippen LogP contribution in [-0.2, 0) is 4.79 Å². The maximum Gasteiger partial charge on any atom is 0.265 e. The minimum Gasteiger partial charge on any atom is -0.481 e. The fourth-order valence-electron chi connectivity index (χ4n) is 1.95. The third-order valence-electron chi connectivity index (χ3n) is 3.12. The Balaban J connectivity index is 2.00. The number of carbonyl (C=O) groups excluding carboxylic acids is 1. The Hall–Kier alpha value is -1.56. The summed E-state index contributed by atoms with van der Waals surface area (Å²) in [6.45, 7) is 5.76. The van der Waals surface area contributed by atoms with Crippen LogP contribution in [-0.4, -0.2) is 12.0 Å². The van der Waals surface area contributed by atoms with Crippen LogP contribution in [0.5, 0.6) is 5.75 Å². The number of aryl methyl sites for hydroxylation is 2. The number of benzene rings is 2. The SMILES string of the molecule is Cc1ccc(OC(C)C(=O)Nc2ccc(I)cc2)c(C)c1. The van der Waals surface area contributed by atoms with Crippen LogP contribution in [0.4, 0.5) is 5.69 Å². The van der Waals surface area contributed by atoms with Gasteiger partial charge >= 0.3 is 0 Å². The van der Waals surface area contributed by atoms with E-state index in [1.54, 1.807) is 6.92 Å². The monoisotopic (exact) mass is 395 g/mol. The van der Waals surface area contributed by atoms with E-state index < -0.39 is 6.10 Å². The lowest BCUT2D eigenvalue weighted by Crippen LogP contribution is -2.30. The third-order valence-corrected chi connectivity index (χ3v) is 3.83. The lowest BCUT2D eigenvalue weighted by atomic mass is 10.1. The minimum atomic E-state index is -0.550. The van der Waals surface area contributed by atoms with Crippen molar-refractivity contribution in [2.45, 2.75) is 26.9 Å². The van der Waals surface area contributed by atoms with E-state index in [1.165, 1.54) is 5.56 Å². The van der Waals surface area contributed by atoms with Gasteiger partial charge in [0.25, 0.3) is 5.91 Å². The highest BCUT2D eigenvalue weighted by atomic mass is 127. The van der Waals surface area contributed by atoms with Crippen molar-refractivity contribution in [1.82, 2.24) is 0 Å². The first-order valence-corrected chi connectivity index (χ1v) is 7.84. The summed E-state index contributed by atoms with van der Waals surface area (Å²) in [6, 6.07) is 13.6. The van der Waals surface area contributed by atoms with Gasteiger partial charge in [-0.15, -0.1) is 0 Å². The molecule has 21 heavy (non-hydrogen) atoms. The summed E-state index contributed by atoms with van der Waals surface area (Å²) in [7, 11) is 0. The molecule has 0 aliphatic rings. The average Bonchev–Trinajstić information content (AvgIpc) is 2.44.